The lowest BCUT2D eigenvalue weighted by atomic mass is 10.1. The summed E-state index contributed by atoms with van der Waals surface area (Å²) in [5, 5.41) is 7.98. The Morgan fingerprint density at radius 2 is 2.04 bits per heavy atom. The molecule has 26 heavy (non-hydrogen) atoms. The fraction of sp³-hybridized carbons (Fsp3) is 0.500. The fourth-order valence-corrected chi connectivity index (χ4v) is 3.22. The first-order valence-corrected chi connectivity index (χ1v) is 8.96. The first-order valence-electron chi connectivity index (χ1n) is 8.96. The van der Waals surface area contributed by atoms with Crippen molar-refractivity contribution < 1.29 is 9.18 Å². The van der Waals surface area contributed by atoms with Gasteiger partial charge in [0, 0.05) is 25.7 Å². The second kappa shape index (κ2) is 8.37. The van der Waals surface area contributed by atoms with Crippen molar-refractivity contribution in [2.24, 2.45) is 0 Å². The monoisotopic (exact) mass is 360 g/mol. The van der Waals surface area contributed by atoms with Crippen molar-refractivity contribution in [3.63, 3.8) is 0 Å². The number of nitrogens with zero attached hydrogens (tertiary/aromatic N) is 4. The van der Waals surface area contributed by atoms with Crippen LogP contribution in [0.4, 0.5) is 4.39 Å². The molecule has 0 saturated carbocycles. The van der Waals surface area contributed by atoms with Crippen LogP contribution in [0.3, 0.4) is 0 Å². The number of carbonyl (C=O) groups excluding carboxylic acids is 1. The molecule has 1 aliphatic rings. The lowest BCUT2D eigenvalue weighted by Gasteiger charge is -2.19. The van der Waals surface area contributed by atoms with E-state index in [1.807, 2.05) is 0 Å². The molecule has 2 aromatic rings. The summed E-state index contributed by atoms with van der Waals surface area (Å²) >= 11 is 0. The number of hydrazine groups is 1. The smallest absolute Gasteiger partial charge is 0.275 e. The molecule has 0 spiro atoms. The van der Waals surface area contributed by atoms with Gasteiger partial charge in [0.2, 0.25) is 0 Å². The predicted octanol–water partition coefficient (Wildman–Crippen LogP) is 1.57. The van der Waals surface area contributed by atoms with Crippen molar-refractivity contribution in [1.29, 1.82) is 0 Å². The van der Waals surface area contributed by atoms with Crippen LogP contribution in [-0.4, -0.2) is 51.5 Å². The van der Waals surface area contributed by atoms with Gasteiger partial charge >= 0.3 is 0 Å². The zero-order valence-electron chi connectivity index (χ0n) is 15.2. The minimum Gasteiger partial charge on any atom is -0.339 e. The number of hydrogen-bond donors (Lipinski definition) is 2. The maximum atomic E-state index is 13.0. The van der Waals surface area contributed by atoms with Crippen LogP contribution in [0.15, 0.2) is 30.5 Å². The molecular weight excluding hydrogens is 335 g/mol. The second-order valence-electron chi connectivity index (χ2n) is 6.82. The maximum Gasteiger partial charge on any atom is 0.275 e. The SMILES string of the molecule is CCCC1CC(CN(C)C(=O)c2cn(Cc3ccc(F)cc3)nn2)NN1. The number of benzene rings is 1. The summed E-state index contributed by atoms with van der Waals surface area (Å²) < 4.78 is 14.5. The van der Waals surface area contributed by atoms with Gasteiger partial charge < -0.3 is 4.90 Å². The molecule has 1 aromatic carbocycles. The van der Waals surface area contributed by atoms with E-state index in [1.54, 1.807) is 35.0 Å². The number of rotatable bonds is 7. The molecular formula is C18H25FN6O. The highest BCUT2D eigenvalue weighted by Gasteiger charge is 2.26. The molecule has 7 nitrogen and oxygen atoms in total. The van der Waals surface area contributed by atoms with Crippen LogP contribution in [0.2, 0.25) is 0 Å². The summed E-state index contributed by atoms with van der Waals surface area (Å²) in [5.74, 6) is -0.433. The lowest BCUT2D eigenvalue weighted by molar-refractivity contribution is 0.0777. The van der Waals surface area contributed by atoms with Crippen LogP contribution < -0.4 is 10.9 Å². The van der Waals surface area contributed by atoms with Crippen molar-refractivity contribution in [2.75, 3.05) is 13.6 Å². The molecule has 0 bridgehead atoms. The van der Waals surface area contributed by atoms with E-state index in [2.05, 4.69) is 28.1 Å². The van der Waals surface area contributed by atoms with Gasteiger partial charge in [0.05, 0.1) is 12.7 Å². The third-order valence-electron chi connectivity index (χ3n) is 4.55. The van der Waals surface area contributed by atoms with Gasteiger partial charge in [-0.1, -0.05) is 30.7 Å². The Bertz CT molecular complexity index is 732. The predicted molar refractivity (Wildman–Crippen MR) is 95.9 cm³/mol. The first kappa shape index (κ1) is 18.5. The molecule has 0 aliphatic carbocycles. The van der Waals surface area contributed by atoms with Crippen LogP contribution in [0.25, 0.3) is 0 Å². The lowest BCUT2D eigenvalue weighted by Crippen LogP contribution is -2.41. The molecule has 2 unspecified atom stereocenters. The van der Waals surface area contributed by atoms with Gasteiger partial charge in [0.1, 0.15) is 5.82 Å². The average Bonchev–Trinajstić information content (AvgIpc) is 3.26. The topological polar surface area (TPSA) is 75.1 Å². The maximum absolute atomic E-state index is 13.0. The summed E-state index contributed by atoms with van der Waals surface area (Å²) in [5.41, 5.74) is 7.74. The van der Waals surface area contributed by atoms with E-state index < -0.39 is 0 Å². The Kier molecular flexibility index (Phi) is 5.95. The molecule has 8 heteroatoms. The molecule has 1 aromatic heterocycles. The Hall–Kier alpha value is -2.32. The van der Waals surface area contributed by atoms with Gasteiger partial charge in [-0.2, -0.15) is 0 Å². The number of likely N-dealkylation sites (N-methyl/N-ethyl adjacent to an activating group) is 1. The van der Waals surface area contributed by atoms with E-state index >= 15 is 0 Å². The highest BCUT2D eigenvalue weighted by molar-refractivity contribution is 5.91. The molecule has 2 heterocycles. The minimum absolute atomic E-state index is 0.156. The van der Waals surface area contributed by atoms with E-state index in [9.17, 15) is 9.18 Å². The van der Waals surface area contributed by atoms with Gasteiger partial charge in [-0.05, 0) is 30.5 Å². The summed E-state index contributed by atoms with van der Waals surface area (Å²) in [6.07, 6.45) is 4.89. The van der Waals surface area contributed by atoms with Gasteiger partial charge in [0.15, 0.2) is 5.69 Å². The first-order chi connectivity index (χ1) is 12.5. The van der Waals surface area contributed by atoms with Gasteiger partial charge in [-0.15, -0.1) is 5.10 Å². The van der Waals surface area contributed by atoms with Crippen LogP contribution in [0.1, 0.15) is 42.2 Å². The van der Waals surface area contributed by atoms with Gasteiger partial charge in [-0.3, -0.25) is 15.6 Å². The van der Waals surface area contributed by atoms with Gasteiger partial charge in [0.25, 0.3) is 5.91 Å². The summed E-state index contributed by atoms with van der Waals surface area (Å²) in [6, 6.07) is 6.88. The summed E-state index contributed by atoms with van der Waals surface area (Å²) in [4.78, 5) is 14.2. The van der Waals surface area contributed by atoms with E-state index in [0.717, 1.165) is 24.8 Å². The van der Waals surface area contributed by atoms with Crippen molar-refractivity contribution in [3.05, 3.63) is 47.5 Å². The van der Waals surface area contributed by atoms with Crippen LogP contribution in [-0.2, 0) is 6.54 Å². The molecule has 2 N–H and O–H groups in total. The van der Waals surface area contributed by atoms with Crippen LogP contribution >= 0.6 is 0 Å². The zero-order chi connectivity index (χ0) is 18.5. The van der Waals surface area contributed by atoms with E-state index in [1.165, 1.54) is 12.1 Å². The zero-order valence-corrected chi connectivity index (χ0v) is 15.2. The third kappa shape index (κ3) is 4.64. The third-order valence-corrected chi connectivity index (χ3v) is 4.55. The Balaban J connectivity index is 1.54. The fourth-order valence-electron chi connectivity index (χ4n) is 3.22. The summed E-state index contributed by atoms with van der Waals surface area (Å²) in [7, 11) is 1.77. The van der Waals surface area contributed by atoms with Gasteiger partial charge in [-0.25, -0.2) is 9.07 Å². The number of hydrogen-bond acceptors (Lipinski definition) is 5. The van der Waals surface area contributed by atoms with E-state index in [0.29, 0.717) is 24.8 Å². The number of halogens is 1. The molecule has 140 valence electrons. The molecule has 0 radical (unpaired) electrons. The average molecular weight is 360 g/mol. The second-order valence-corrected chi connectivity index (χ2v) is 6.82. The van der Waals surface area contributed by atoms with Crippen molar-refractivity contribution >= 4 is 5.91 Å². The van der Waals surface area contributed by atoms with Crippen LogP contribution in [0.5, 0.6) is 0 Å². The molecule has 1 saturated heterocycles. The number of amides is 1. The Labute approximate surface area is 152 Å². The molecule has 1 aliphatic heterocycles. The van der Waals surface area contributed by atoms with Crippen molar-refractivity contribution in [2.45, 2.75) is 44.8 Å². The van der Waals surface area contributed by atoms with Crippen molar-refractivity contribution in [1.82, 2.24) is 30.7 Å². The number of nitrogens with one attached hydrogen (secondary N) is 2. The van der Waals surface area contributed by atoms with E-state index in [4.69, 9.17) is 0 Å². The quantitative estimate of drug-likeness (QED) is 0.784. The standard InChI is InChI=1S/C18H25FN6O/c1-3-4-15-9-16(21-20-15)11-24(2)18(26)17-12-25(23-22-17)10-13-5-7-14(19)8-6-13/h5-8,12,15-16,20-21H,3-4,9-11H2,1-2H3. The highest BCUT2D eigenvalue weighted by atomic mass is 19.1. The normalized spacial score (nSPS) is 19.7. The molecule has 2 atom stereocenters. The molecule has 1 fully saturated rings. The number of carbonyl (C=O) groups is 1. The summed E-state index contributed by atoms with van der Waals surface area (Å²) in [6.45, 7) is 3.22. The van der Waals surface area contributed by atoms with Crippen molar-refractivity contribution in [3.8, 4) is 0 Å². The largest absolute Gasteiger partial charge is 0.339 e. The minimum atomic E-state index is -0.277. The Morgan fingerprint density at radius 1 is 1.31 bits per heavy atom. The molecule has 3 rings (SSSR count). The molecule has 1 amide bonds. The van der Waals surface area contributed by atoms with Crippen LogP contribution in [0, 0.1) is 5.82 Å². The highest BCUT2D eigenvalue weighted by Crippen LogP contribution is 2.12. The Morgan fingerprint density at radius 3 is 2.77 bits per heavy atom. The number of aromatic nitrogens is 3. The van der Waals surface area contributed by atoms with E-state index in [-0.39, 0.29) is 17.8 Å².